The Bertz CT molecular complexity index is 676. The highest BCUT2D eigenvalue weighted by atomic mass is 16.2. The van der Waals surface area contributed by atoms with E-state index in [0.29, 0.717) is 0 Å². The van der Waals surface area contributed by atoms with Crippen molar-refractivity contribution in [1.82, 2.24) is 14.4 Å². The van der Waals surface area contributed by atoms with Crippen molar-refractivity contribution < 1.29 is 4.79 Å². The van der Waals surface area contributed by atoms with E-state index in [4.69, 9.17) is 0 Å². The van der Waals surface area contributed by atoms with Crippen molar-refractivity contribution in [3.05, 3.63) is 59.9 Å². The lowest BCUT2D eigenvalue weighted by atomic mass is 10.1. The molecule has 0 atom stereocenters. The zero-order chi connectivity index (χ0) is 17.2. The number of benzene rings is 1. The van der Waals surface area contributed by atoms with Crippen molar-refractivity contribution in [2.24, 2.45) is 0 Å². The molecule has 1 fully saturated rings. The molecule has 1 aliphatic heterocycles. The summed E-state index contributed by atoms with van der Waals surface area (Å²) in [7, 11) is 0. The van der Waals surface area contributed by atoms with Gasteiger partial charge in [0.05, 0.1) is 5.56 Å². The molecule has 0 saturated carbocycles. The van der Waals surface area contributed by atoms with Crippen LogP contribution < -0.4 is 0 Å². The first-order valence-electron chi connectivity index (χ1n) is 8.67. The number of hydrogen-bond acceptors (Lipinski definition) is 2. The van der Waals surface area contributed by atoms with Crippen molar-refractivity contribution in [1.29, 1.82) is 0 Å². The third kappa shape index (κ3) is 3.88. The second-order valence-corrected chi connectivity index (χ2v) is 7.53. The van der Waals surface area contributed by atoms with Gasteiger partial charge in [-0.25, -0.2) is 0 Å². The second kappa shape index (κ2) is 6.81. The van der Waals surface area contributed by atoms with E-state index in [2.05, 4.69) is 54.5 Å². The summed E-state index contributed by atoms with van der Waals surface area (Å²) in [4.78, 5) is 17.1. The first-order valence-corrected chi connectivity index (χ1v) is 8.67. The van der Waals surface area contributed by atoms with E-state index in [1.54, 1.807) is 0 Å². The summed E-state index contributed by atoms with van der Waals surface area (Å²) >= 11 is 0. The van der Waals surface area contributed by atoms with Gasteiger partial charge in [-0.05, 0) is 32.4 Å². The molecule has 2 aromatic rings. The minimum Gasteiger partial charge on any atom is -0.348 e. The van der Waals surface area contributed by atoms with Gasteiger partial charge in [0.15, 0.2) is 0 Å². The van der Waals surface area contributed by atoms with Crippen LogP contribution >= 0.6 is 0 Å². The molecular formula is C20H27N3O. The fourth-order valence-electron chi connectivity index (χ4n) is 3.07. The molecule has 0 radical (unpaired) electrons. The molecule has 2 heterocycles. The van der Waals surface area contributed by atoms with Crippen LogP contribution in [0.5, 0.6) is 0 Å². The number of piperazine rings is 1. The van der Waals surface area contributed by atoms with Crippen LogP contribution in [-0.4, -0.2) is 46.5 Å². The Morgan fingerprint density at radius 1 is 1.00 bits per heavy atom. The predicted octanol–water partition coefficient (Wildman–Crippen LogP) is 3.20. The fraction of sp³-hybridized carbons (Fsp3) is 0.450. The summed E-state index contributed by atoms with van der Waals surface area (Å²) in [6.07, 6.45) is 3.97. The number of aromatic nitrogens is 1. The molecule has 1 amide bonds. The van der Waals surface area contributed by atoms with E-state index >= 15 is 0 Å². The highest BCUT2D eigenvalue weighted by Gasteiger charge is 2.23. The van der Waals surface area contributed by atoms with Crippen LogP contribution in [0, 0.1) is 0 Å². The van der Waals surface area contributed by atoms with E-state index in [1.165, 1.54) is 5.56 Å². The summed E-state index contributed by atoms with van der Waals surface area (Å²) in [5.74, 6) is 0.150. The maximum Gasteiger partial charge on any atom is 0.255 e. The van der Waals surface area contributed by atoms with Gasteiger partial charge >= 0.3 is 0 Å². The second-order valence-electron chi connectivity index (χ2n) is 7.53. The van der Waals surface area contributed by atoms with E-state index < -0.39 is 0 Å². The first kappa shape index (κ1) is 16.8. The molecule has 0 bridgehead atoms. The lowest BCUT2D eigenvalue weighted by molar-refractivity contribution is 0.0628. The third-order valence-electron chi connectivity index (χ3n) is 4.62. The Hall–Kier alpha value is -2.07. The number of hydrogen-bond donors (Lipinski definition) is 0. The first-order chi connectivity index (χ1) is 11.4. The summed E-state index contributed by atoms with van der Waals surface area (Å²) in [5, 5.41) is 0. The van der Waals surface area contributed by atoms with Crippen LogP contribution in [0.4, 0.5) is 0 Å². The van der Waals surface area contributed by atoms with Crippen molar-refractivity contribution in [2.45, 2.75) is 32.9 Å². The van der Waals surface area contributed by atoms with Gasteiger partial charge in [-0.2, -0.15) is 0 Å². The number of carbonyl (C=O) groups is 1. The molecule has 24 heavy (non-hydrogen) atoms. The molecule has 0 N–H and O–H groups in total. The topological polar surface area (TPSA) is 28.5 Å². The fourth-order valence-corrected chi connectivity index (χ4v) is 3.07. The van der Waals surface area contributed by atoms with Gasteiger partial charge in [0, 0.05) is 50.7 Å². The zero-order valence-electron chi connectivity index (χ0n) is 14.9. The maximum atomic E-state index is 12.7. The monoisotopic (exact) mass is 325 g/mol. The number of carbonyl (C=O) groups excluding carboxylic acids is 1. The Balaban J connectivity index is 1.56. The van der Waals surface area contributed by atoms with Gasteiger partial charge in [0.2, 0.25) is 0 Å². The molecule has 0 aliphatic carbocycles. The Kier molecular flexibility index (Phi) is 4.76. The van der Waals surface area contributed by atoms with Crippen molar-refractivity contribution in [2.75, 3.05) is 26.2 Å². The molecule has 1 aliphatic rings. The van der Waals surface area contributed by atoms with Crippen LogP contribution in [0.15, 0.2) is 48.8 Å². The van der Waals surface area contributed by atoms with Crippen LogP contribution in [0.1, 0.15) is 36.7 Å². The number of rotatable bonds is 3. The van der Waals surface area contributed by atoms with Gasteiger partial charge in [0.25, 0.3) is 5.91 Å². The third-order valence-corrected chi connectivity index (χ3v) is 4.62. The van der Waals surface area contributed by atoms with Crippen LogP contribution in [0.3, 0.4) is 0 Å². The predicted molar refractivity (Wildman–Crippen MR) is 97.1 cm³/mol. The average Bonchev–Trinajstić information content (AvgIpc) is 3.06. The molecule has 4 nitrogen and oxygen atoms in total. The molecule has 0 spiro atoms. The van der Waals surface area contributed by atoms with Crippen molar-refractivity contribution in [3.8, 4) is 0 Å². The van der Waals surface area contributed by atoms with Crippen molar-refractivity contribution in [3.63, 3.8) is 0 Å². The van der Waals surface area contributed by atoms with E-state index in [0.717, 1.165) is 38.3 Å². The van der Waals surface area contributed by atoms with Gasteiger partial charge in [-0.1, -0.05) is 30.3 Å². The zero-order valence-corrected chi connectivity index (χ0v) is 14.9. The van der Waals surface area contributed by atoms with Gasteiger partial charge in [0.1, 0.15) is 0 Å². The molecule has 4 heteroatoms. The van der Waals surface area contributed by atoms with Crippen molar-refractivity contribution >= 4 is 5.91 Å². The molecule has 0 unspecified atom stereocenters. The lowest BCUT2D eigenvalue weighted by Gasteiger charge is -2.34. The van der Waals surface area contributed by atoms with Gasteiger partial charge in [-0.3, -0.25) is 9.69 Å². The number of amides is 1. The van der Waals surface area contributed by atoms with Gasteiger partial charge < -0.3 is 9.47 Å². The van der Waals surface area contributed by atoms with E-state index in [-0.39, 0.29) is 11.4 Å². The van der Waals surface area contributed by atoms with Crippen LogP contribution in [-0.2, 0) is 12.1 Å². The minimum atomic E-state index is 0.00686. The maximum absolute atomic E-state index is 12.7. The molecule has 1 aromatic heterocycles. The molecule has 1 aromatic carbocycles. The lowest BCUT2D eigenvalue weighted by Crippen LogP contribution is -2.48. The van der Waals surface area contributed by atoms with Gasteiger partial charge in [-0.15, -0.1) is 0 Å². The molecule has 3 rings (SSSR count). The standard InChI is InChI=1S/C20H27N3O/c1-20(2,3)23-10-9-18(16-23)19(24)22-13-11-21(12-14-22)15-17-7-5-4-6-8-17/h4-10,16H,11-15H2,1-3H3. The molecule has 128 valence electrons. The minimum absolute atomic E-state index is 0.00686. The van der Waals surface area contributed by atoms with Crippen LogP contribution in [0.25, 0.3) is 0 Å². The molecular weight excluding hydrogens is 298 g/mol. The average molecular weight is 325 g/mol. The molecule has 1 saturated heterocycles. The largest absolute Gasteiger partial charge is 0.348 e. The smallest absolute Gasteiger partial charge is 0.255 e. The van der Waals surface area contributed by atoms with E-state index in [1.807, 2.05) is 29.4 Å². The van der Waals surface area contributed by atoms with Crippen LogP contribution in [0.2, 0.25) is 0 Å². The Labute approximate surface area is 144 Å². The summed E-state index contributed by atoms with van der Waals surface area (Å²) in [5.41, 5.74) is 2.13. The number of nitrogens with zero attached hydrogens (tertiary/aromatic N) is 3. The summed E-state index contributed by atoms with van der Waals surface area (Å²) < 4.78 is 2.10. The summed E-state index contributed by atoms with van der Waals surface area (Å²) in [6, 6.07) is 12.5. The SMILES string of the molecule is CC(C)(C)n1ccc(C(=O)N2CCN(Cc3ccccc3)CC2)c1. The summed E-state index contributed by atoms with van der Waals surface area (Å²) in [6.45, 7) is 10.8. The quantitative estimate of drug-likeness (QED) is 0.867. The Morgan fingerprint density at radius 2 is 1.67 bits per heavy atom. The normalized spacial score (nSPS) is 16.4. The van der Waals surface area contributed by atoms with E-state index in [9.17, 15) is 4.79 Å². The highest BCUT2D eigenvalue weighted by Crippen LogP contribution is 2.17. The Morgan fingerprint density at radius 3 is 2.25 bits per heavy atom. The highest BCUT2D eigenvalue weighted by molar-refractivity contribution is 5.94.